The molecule has 2 N–H and O–H groups in total. The summed E-state index contributed by atoms with van der Waals surface area (Å²) in [5.74, 6) is 0. The first kappa shape index (κ1) is 14.4. The van der Waals surface area contributed by atoms with E-state index in [0.29, 0.717) is 11.8 Å². The molecule has 104 valence electrons. The number of aliphatic hydroxyl groups is 1. The van der Waals surface area contributed by atoms with Gasteiger partial charge in [-0.15, -0.1) is 0 Å². The van der Waals surface area contributed by atoms with Crippen molar-refractivity contribution in [2.24, 2.45) is 0 Å². The Kier molecular flexibility index (Phi) is 4.50. The number of hydrogen-bond donors (Lipinski definition) is 2. The largest absolute Gasteiger partial charge is 0.444 e. The second-order valence-corrected chi connectivity index (χ2v) is 5.19. The van der Waals surface area contributed by atoms with Gasteiger partial charge in [-0.25, -0.2) is 0 Å². The second-order valence-electron chi connectivity index (χ2n) is 4.85. The van der Waals surface area contributed by atoms with Gasteiger partial charge in [-0.05, 0) is 30.5 Å². The predicted octanol–water partition coefficient (Wildman–Crippen LogP) is 3.73. The number of aliphatic hydroxyl groups excluding tert-OH is 1. The molecule has 1 aromatic carbocycles. The van der Waals surface area contributed by atoms with Crippen LogP contribution in [0, 0.1) is 0 Å². The van der Waals surface area contributed by atoms with E-state index < -0.39 is 0 Å². The molecular weight excluding hydrogens is 262 g/mol. The maximum Gasteiger partial charge on any atom is 0.199 e. The zero-order chi connectivity index (χ0) is 13.9. The zero-order valence-corrected chi connectivity index (χ0v) is 12.1. The van der Waals surface area contributed by atoms with Gasteiger partial charge in [-0.2, -0.15) is 0 Å². The molecule has 0 spiro atoms. The number of rotatable bonds is 6. The quantitative estimate of drug-likeness (QED) is 0.848. The fraction of sp³-hybridized carbons (Fsp3) is 0.467. The lowest BCUT2D eigenvalue weighted by Gasteiger charge is -2.30. The molecule has 0 aliphatic rings. The summed E-state index contributed by atoms with van der Waals surface area (Å²) >= 11 is 6.16. The predicted molar refractivity (Wildman–Crippen MR) is 78.5 cm³/mol. The van der Waals surface area contributed by atoms with E-state index in [-0.39, 0.29) is 12.1 Å². The molecule has 0 bridgehead atoms. The molecule has 0 unspecified atom stereocenters. The SMILES string of the molecule is CCC(CC)(CO)NCc1c(Cl)oc2ccccc12. The third kappa shape index (κ3) is 2.78. The lowest BCUT2D eigenvalue weighted by Crippen LogP contribution is -2.47. The fourth-order valence-electron chi connectivity index (χ4n) is 2.29. The Morgan fingerprint density at radius 1 is 1.26 bits per heavy atom. The smallest absolute Gasteiger partial charge is 0.199 e. The van der Waals surface area contributed by atoms with Crippen molar-refractivity contribution in [2.75, 3.05) is 6.61 Å². The molecule has 19 heavy (non-hydrogen) atoms. The minimum atomic E-state index is -0.248. The number of para-hydroxylation sites is 1. The van der Waals surface area contributed by atoms with Crippen molar-refractivity contribution in [1.82, 2.24) is 5.32 Å². The molecule has 0 amide bonds. The maximum absolute atomic E-state index is 9.57. The van der Waals surface area contributed by atoms with Gasteiger partial charge >= 0.3 is 0 Å². The Morgan fingerprint density at radius 2 is 1.95 bits per heavy atom. The molecule has 0 aliphatic carbocycles. The van der Waals surface area contributed by atoms with Crippen LogP contribution < -0.4 is 5.32 Å². The van der Waals surface area contributed by atoms with Gasteiger partial charge in [0.1, 0.15) is 5.58 Å². The van der Waals surface area contributed by atoms with Crippen LogP contribution in [0.2, 0.25) is 5.22 Å². The van der Waals surface area contributed by atoms with Gasteiger partial charge in [0.15, 0.2) is 5.22 Å². The van der Waals surface area contributed by atoms with Crippen LogP contribution in [-0.4, -0.2) is 17.3 Å². The van der Waals surface area contributed by atoms with Crippen LogP contribution in [0.4, 0.5) is 0 Å². The number of halogens is 1. The van der Waals surface area contributed by atoms with Crippen LogP contribution in [-0.2, 0) is 6.54 Å². The summed E-state index contributed by atoms with van der Waals surface area (Å²) in [4.78, 5) is 0. The Hall–Kier alpha value is -1.03. The highest BCUT2D eigenvalue weighted by molar-refractivity contribution is 6.30. The Bertz CT molecular complexity index is 538. The van der Waals surface area contributed by atoms with Gasteiger partial charge in [0.25, 0.3) is 0 Å². The first-order valence-corrected chi connectivity index (χ1v) is 7.05. The number of fused-ring (bicyclic) bond motifs is 1. The third-order valence-corrected chi connectivity index (χ3v) is 4.25. The van der Waals surface area contributed by atoms with Crippen molar-refractivity contribution >= 4 is 22.6 Å². The van der Waals surface area contributed by atoms with Gasteiger partial charge in [-0.1, -0.05) is 32.0 Å². The summed E-state index contributed by atoms with van der Waals surface area (Å²) < 4.78 is 5.53. The van der Waals surface area contributed by atoms with Crippen LogP contribution in [0.25, 0.3) is 11.0 Å². The van der Waals surface area contributed by atoms with Gasteiger partial charge < -0.3 is 14.8 Å². The van der Waals surface area contributed by atoms with Gasteiger partial charge in [0.2, 0.25) is 0 Å². The highest BCUT2D eigenvalue weighted by Gasteiger charge is 2.25. The minimum absolute atomic E-state index is 0.118. The third-order valence-electron chi connectivity index (χ3n) is 3.95. The molecular formula is C15H20ClNO2. The van der Waals surface area contributed by atoms with Crippen LogP contribution in [0.5, 0.6) is 0 Å². The Balaban J connectivity index is 2.24. The van der Waals surface area contributed by atoms with Crippen LogP contribution >= 0.6 is 11.6 Å². The summed E-state index contributed by atoms with van der Waals surface area (Å²) in [7, 11) is 0. The van der Waals surface area contributed by atoms with Gasteiger partial charge in [0, 0.05) is 23.0 Å². The van der Waals surface area contributed by atoms with Crippen molar-refractivity contribution in [2.45, 2.75) is 38.8 Å². The van der Waals surface area contributed by atoms with E-state index >= 15 is 0 Å². The van der Waals surface area contributed by atoms with Crippen molar-refractivity contribution in [3.05, 3.63) is 35.0 Å². The van der Waals surface area contributed by atoms with E-state index in [1.165, 1.54) is 0 Å². The molecule has 2 aromatic rings. The van der Waals surface area contributed by atoms with E-state index in [2.05, 4.69) is 19.2 Å². The lowest BCUT2D eigenvalue weighted by atomic mass is 9.93. The Morgan fingerprint density at radius 3 is 2.58 bits per heavy atom. The van der Waals surface area contributed by atoms with Crippen molar-refractivity contribution in [3.63, 3.8) is 0 Å². The molecule has 0 saturated carbocycles. The summed E-state index contributed by atoms with van der Waals surface area (Å²) in [6, 6.07) is 7.80. The van der Waals surface area contributed by atoms with E-state index in [1.807, 2.05) is 24.3 Å². The minimum Gasteiger partial charge on any atom is -0.444 e. The fourth-order valence-corrected chi connectivity index (χ4v) is 2.54. The average Bonchev–Trinajstić information content (AvgIpc) is 2.77. The number of nitrogens with one attached hydrogen (secondary N) is 1. The summed E-state index contributed by atoms with van der Waals surface area (Å²) in [5.41, 5.74) is 1.51. The van der Waals surface area contributed by atoms with Gasteiger partial charge in [0.05, 0.1) is 6.61 Å². The molecule has 1 aromatic heterocycles. The molecule has 1 heterocycles. The molecule has 0 aliphatic heterocycles. The molecule has 0 fully saturated rings. The van der Waals surface area contributed by atoms with Crippen LogP contribution in [0.1, 0.15) is 32.3 Å². The number of hydrogen-bond acceptors (Lipinski definition) is 3. The summed E-state index contributed by atoms with van der Waals surface area (Å²) in [6.07, 6.45) is 1.74. The second kappa shape index (κ2) is 5.95. The van der Waals surface area contributed by atoms with Crippen molar-refractivity contribution in [1.29, 1.82) is 0 Å². The van der Waals surface area contributed by atoms with Crippen LogP contribution in [0.3, 0.4) is 0 Å². The number of benzene rings is 1. The van der Waals surface area contributed by atoms with Crippen LogP contribution in [0.15, 0.2) is 28.7 Å². The van der Waals surface area contributed by atoms with E-state index in [0.717, 1.165) is 29.4 Å². The lowest BCUT2D eigenvalue weighted by molar-refractivity contribution is 0.149. The Labute approximate surface area is 118 Å². The molecule has 0 radical (unpaired) electrons. The summed E-state index contributed by atoms with van der Waals surface area (Å²) in [5, 5.41) is 14.4. The summed E-state index contributed by atoms with van der Waals surface area (Å²) in [6.45, 7) is 4.86. The standard InChI is InChI=1S/C15H20ClNO2/c1-3-15(4-2,10-18)17-9-12-11-7-5-6-8-13(11)19-14(12)16/h5-8,17-18H,3-4,9-10H2,1-2H3. The van der Waals surface area contributed by atoms with E-state index in [1.54, 1.807) is 0 Å². The average molecular weight is 282 g/mol. The molecule has 0 atom stereocenters. The van der Waals surface area contributed by atoms with Gasteiger partial charge in [-0.3, -0.25) is 0 Å². The first-order chi connectivity index (χ1) is 9.15. The molecule has 3 nitrogen and oxygen atoms in total. The molecule has 4 heteroatoms. The first-order valence-electron chi connectivity index (χ1n) is 6.67. The van der Waals surface area contributed by atoms with Crippen molar-refractivity contribution < 1.29 is 9.52 Å². The molecule has 0 saturated heterocycles. The zero-order valence-electron chi connectivity index (χ0n) is 11.4. The van der Waals surface area contributed by atoms with E-state index in [4.69, 9.17) is 16.0 Å². The topological polar surface area (TPSA) is 45.4 Å². The highest BCUT2D eigenvalue weighted by Crippen LogP contribution is 2.30. The highest BCUT2D eigenvalue weighted by atomic mass is 35.5. The monoisotopic (exact) mass is 281 g/mol. The molecule has 2 rings (SSSR count). The maximum atomic E-state index is 9.57. The van der Waals surface area contributed by atoms with Crippen molar-refractivity contribution in [3.8, 4) is 0 Å². The normalized spacial score (nSPS) is 12.2. The number of furan rings is 1. The van der Waals surface area contributed by atoms with E-state index in [9.17, 15) is 5.11 Å².